The van der Waals surface area contributed by atoms with Gasteiger partial charge in [-0.3, -0.25) is 4.90 Å². The Kier molecular flexibility index (Phi) is 6.14. The molecule has 3 heterocycles. The smallest absolute Gasteiger partial charge is 0.153 e. The molecule has 5 rings (SSSR count). The van der Waals surface area contributed by atoms with Crippen LogP contribution in [0.15, 0.2) is 73.1 Å². The first-order valence-corrected chi connectivity index (χ1v) is 11.1. The third kappa shape index (κ3) is 4.66. The summed E-state index contributed by atoms with van der Waals surface area (Å²) in [6, 6.07) is 21.0. The normalized spacial score (nSPS) is 17.3. The lowest BCUT2D eigenvalue weighted by atomic mass is 10.0. The van der Waals surface area contributed by atoms with E-state index in [-0.39, 0.29) is 0 Å². The third-order valence-corrected chi connectivity index (χ3v) is 5.98. The molecule has 0 unspecified atom stereocenters. The van der Waals surface area contributed by atoms with Crippen LogP contribution < -0.4 is 4.74 Å². The molecule has 0 bridgehead atoms. The van der Waals surface area contributed by atoms with E-state index < -0.39 is 0 Å². The fourth-order valence-corrected chi connectivity index (χ4v) is 4.46. The van der Waals surface area contributed by atoms with Gasteiger partial charge in [0.1, 0.15) is 5.75 Å². The Morgan fingerprint density at radius 3 is 2.97 bits per heavy atom. The predicted molar refractivity (Wildman–Crippen MR) is 125 cm³/mol. The van der Waals surface area contributed by atoms with Crippen molar-refractivity contribution in [3.8, 4) is 16.9 Å². The highest BCUT2D eigenvalue weighted by Crippen LogP contribution is 2.30. The lowest BCUT2D eigenvalue weighted by Gasteiger charge is -2.23. The fourth-order valence-electron chi connectivity index (χ4n) is 4.46. The quantitative estimate of drug-likeness (QED) is 0.463. The monoisotopic (exact) mass is 428 g/mol. The average Bonchev–Trinajstić information content (AvgIpc) is 3.19. The van der Waals surface area contributed by atoms with Gasteiger partial charge in [-0.1, -0.05) is 36.4 Å². The second-order valence-corrected chi connectivity index (χ2v) is 8.34. The van der Waals surface area contributed by atoms with Crippen molar-refractivity contribution < 1.29 is 9.47 Å². The molecule has 0 saturated carbocycles. The third-order valence-electron chi connectivity index (χ3n) is 5.98. The van der Waals surface area contributed by atoms with Gasteiger partial charge in [0.2, 0.25) is 0 Å². The van der Waals surface area contributed by atoms with Crippen LogP contribution in [0.2, 0.25) is 0 Å². The molecule has 2 aromatic heterocycles. The number of benzene rings is 2. The highest BCUT2D eigenvalue weighted by molar-refractivity contribution is 5.70. The summed E-state index contributed by atoms with van der Waals surface area (Å²) in [5.74, 6) is 1.30. The molecule has 0 aliphatic carbocycles. The second-order valence-electron chi connectivity index (χ2n) is 8.34. The van der Waals surface area contributed by atoms with Crippen molar-refractivity contribution >= 4 is 5.65 Å². The maximum Gasteiger partial charge on any atom is 0.153 e. The second kappa shape index (κ2) is 9.51. The van der Waals surface area contributed by atoms with E-state index in [0.717, 1.165) is 61.9 Å². The molecule has 1 atom stereocenters. The van der Waals surface area contributed by atoms with Crippen LogP contribution in [0.4, 0.5) is 0 Å². The molecule has 6 heteroatoms. The number of aromatic nitrogens is 3. The van der Waals surface area contributed by atoms with Gasteiger partial charge in [0, 0.05) is 43.5 Å². The van der Waals surface area contributed by atoms with Crippen LogP contribution in [-0.2, 0) is 17.7 Å². The molecule has 32 heavy (non-hydrogen) atoms. The van der Waals surface area contributed by atoms with Crippen LogP contribution in [-0.4, -0.2) is 52.9 Å². The van der Waals surface area contributed by atoms with Crippen molar-refractivity contribution in [2.45, 2.75) is 13.0 Å². The van der Waals surface area contributed by atoms with Gasteiger partial charge in [0.25, 0.3) is 0 Å². The number of hydrogen-bond donors (Lipinski definition) is 0. The van der Waals surface area contributed by atoms with Gasteiger partial charge in [-0.05, 0) is 41.8 Å². The molecule has 0 amide bonds. The maximum absolute atomic E-state index is 5.94. The molecular formula is C26H28N4O2. The van der Waals surface area contributed by atoms with E-state index in [9.17, 15) is 0 Å². The Morgan fingerprint density at radius 1 is 1.09 bits per heavy atom. The lowest BCUT2D eigenvalue weighted by molar-refractivity contribution is 0.121. The fraction of sp³-hybridized carbons (Fsp3) is 0.308. The van der Waals surface area contributed by atoms with Gasteiger partial charge in [-0.2, -0.15) is 5.10 Å². The number of ether oxygens (including phenoxy) is 2. The minimum Gasteiger partial charge on any atom is -0.496 e. The van der Waals surface area contributed by atoms with Crippen molar-refractivity contribution in [1.82, 2.24) is 19.5 Å². The predicted octanol–water partition coefficient (Wildman–Crippen LogP) is 4.10. The summed E-state index contributed by atoms with van der Waals surface area (Å²) in [6.45, 7) is 4.35. The minimum atomic E-state index is 0.406. The molecule has 6 nitrogen and oxygen atoms in total. The van der Waals surface area contributed by atoms with Gasteiger partial charge >= 0.3 is 0 Å². The van der Waals surface area contributed by atoms with E-state index in [2.05, 4.69) is 52.3 Å². The molecule has 4 aromatic rings. The summed E-state index contributed by atoms with van der Waals surface area (Å²) < 4.78 is 13.3. The van der Waals surface area contributed by atoms with E-state index in [1.807, 2.05) is 28.9 Å². The Labute approximate surface area is 188 Å². The van der Waals surface area contributed by atoms with E-state index in [0.29, 0.717) is 5.92 Å². The van der Waals surface area contributed by atoms with E-state index in [4.69, 9.17) is 14.6 Å². The molecule has 1 fully saturated rings. The van der Waals surface area contributed by atoms with Gasteiger partial charge in [0.05, 0.1) is 26.0 Å². The van der Waals surface area contributed by atoms with Crippen LogP contribution in [0.25, 0.3) is 16.8 Å². The summed E-state index contributed by atoms with van der Waals surface area (Å²) in [4.78, 5) is 6.77. The summed E-state index contributed by atoms with van der Waals surface area (Å²) in [5, 5.41) is 4.70. The van der Waals surface area contributed by atoms with Crippen molar-refractivity contribution in [2.24, 2.45) is 5.92 Å². The largest absolute Gasteiger partial charge is 0.496 e. The van der Waals surface area contributed by atoms with Crippen LogP contribution in [0.5, 0.6) is 5.75 Å². The van der Waals surface area contributed by atoms with Crippen LogP contribution in [0.3, 0.4) is 0 Å². The van der Waals surface area contributed by atoms with Crippen molar-refractivity contribution in [3.05, 3.63) is 84.3 Å². The number of methoxy groups -OCH3 is 1. The summed E-state index contributed by atoms with van der Waals surface area (Å²) >= 11 is 0. The molecule has 164 valence electrons. The van der Waals surface area contributed by atoms with E-state index in [1.54, 1.807) is 13.3 Å². The van der Waals surface area contributed by atoms with Gasteiger partial charge < -0.3 is 9.47 Å². The van der Waals surface area contributed by atoms with Gasteiger partial charge in [-0.15, -0.1) is 0 Å². The molecule has 1 saturated heterocycles. The van der Waals surface area contributed by atoms with Crippen LogP contribution in [0.1, 0.15) is 11.3 Å². The number of fused-ring (bicyclic) bond motifs is 1. The highest BCUT2D eigenvalue weighted by Gasteiger charge is 2.20. The molecule has 0 radical (unpaired) electrons. The van der Waals surface area contributed by atoms with E-state index in [1.165, 1.54) is 11.1 Å². The Balaban J connectivity index is 1.29. The Morgan fingerprint density at radius 2 is 2.03 bits per heavy atom. The topological polar surface area (TPSA) is 51.9 Å². The van der Waals surface area contributed by atoms with E-state index >= 15 is 0 Å². The standard InChI is InChI=1S/C26H28N4O2/c1-31-25-8-3-2-7-24(25)22-6-4-5-20(15-22)17-29-13-14-32-19-21(18-29)16-23-9-10-26-27-11-12-30(26)28-23/h2-12,15,21H,13-14,16-19H2,1H3/t21-/m1/s1. The first-order chi connectivity index (χ1) is 15.8. The Bertz CT molecular complexity index is 1190. The molecule has 1 aliphatic rings. The molecule has 0 spiro atoms. The number of rotatable bonds is 6. The maximum atomic E-state index is 5.94. The zero-order valence-electron chi connectivity index (χ0n) is 18.4. The summed E-state index contributed by atoms with van der Waals surface area (Å²) in [6.07, 6.45) is 4.57. The van der Waals surface area contributed by atoms with Crippen LogP contribution >= 0.6 is 0 Å². The van der Waals surface area contributed by atoms with Gasteiger partial charge in [0.15, 0.2) is 5.65 Å². The van der Waals surface area contributed by atoms with Crippen molar-refractivity contribution in [1.29, 1.82) is 0 Å². The summed E-state index contributed by atoms with van der Waals surface area (Å²) in [5.41, 5.74) is 5.55. The number of para-hydroxylation sites is 1. The lowest BCUT2D eigenvalue weighted by Crippen LogP contribution is -2.30. The van der Waals surface area contributed by atoms with Crippen molar-refractivity contribution in [2.75, 3.05) is 33.4 Å². The van der Waals surface area contributed by atoms with Gasteiger partial charge in [-0.25, -0.2) is 9.50 Å². The highest BCUT2D eigenvalue weighted by atomic mass is 16.5. The summed E-state index contributed by atoms with van der Waals surface area (Å²) in [7, 11) is 1.72. The molecule has 0 N–H and O–H groups in total. The SMILES string of the molecule is COc1ccccc1-c1cccc(CN2CCOC[C@H](Cc3ccc4nccn4n3)C2)c1. The molecule has 1 aliphatic heterocycles. The Hall–Kier alpha value is -3.22. The molecule has 2 aromatic carbocycles. The minimum absolute atomic E-state index is 0.406. The number of imidazole rings is 1. The molecular weight excluding hydrogens is 400 g/mol. The number of nitrogens with zero attached hydrogens (tertiary/aromatic N) is 4. The zero-order valence-corrected chi connectivity index (χ0v) is 18.4. The zero-order chi connectivity index (χ0) is 21.8. The number of hydrogen-bond acceptors (Lipinski definition) is 5. The van der Waals surface area contributed by atoms with Crippen LogP contribution in [0, 0.1) is 5.92 Å². The van der Waals surface area contributed by atoms with Crippen molar-refractivity contribution in [3.63, 3.8) is 0 Å². The first-order valence-electron chi connectivity index (χ1n) is 11.1. The average molecular weight is 429 g/mol. The first kappa shape index (κ1) is 20.7.